The molecule has 16 heavy (non-hydrogen) atoms. The Balaban J connectivity index is 2.49. The fraction of sp³-hybridized carbons (Fsp3) is 0.111. The van der Waals surface area contributed by atoms with Gasteiger partial charge in [0.25, 0.3) is 0 Å². The summed E-state index contributed by atoms with van der Waals surface area (Å²) in [7, 11) is 0. The predicted molar refractivity (Wildman–Crippen MR) is 59.8 cm³/mol. The summed E-state index contributed by atoms with van der Waals surface area (Å²) >= 11 is 6.75. The van der Waals surface area contributed by atoms with Crippen molar-refractivity contribution in [1.82, 2.24) is 15.0 Å². The second-order valence-electron chi connectivity index (χ2n) is 2.97. The molecular formula is C9H6ClN3O2S. The number of halogens is 1. The van der Waals surface area contributed by atoms with Gasteiger partial charge in [0.1, 0.15) is 20.7 Å². The van der Waals surface area contributed by atoms with Crippen molar-refractivity contribution < 1.29 is 9.90 Å². The molecule has 0 spiro atoms. The molecule has 0 bridgehead atoms. The van der Waals surface area contributed by atoms with Gasteiger partial charge in [-0.05, 0) is 6.92 Å². The van der Waals surface area contributed by atoms with E-state index in [9.17, 15) is 4.79 Å². The van der Waals surface area contributed by atoms with E-state index in [1.807, 2.05) is 0 Å². The molecule has 0 radical (unpaired) electrons. The Morgan fingerprint density at radius 3 is 2.75 bits per heavy atom. The molecule has 0 saturated carbocycles. The van der Waals surface area contributed by atoms with Crippen LogP contribution >= 0.6 is 22.9 Å². The first-order valence-corrected chi connectivity index (χ1v) is 5.46. The summed E-state index contributed by atoms with van der Waals surface area (Å²) in [6.07, 6.45) is 2.90. The van der Waals surface area contributed by atoms with Gasteiger partial charge in [0.05, 0.1) is 18.1 Å². The van der Waals surface area contributed by atoms with Crippen molar-refractivity contribution in [2.75, 3.05) is 0 Å². The summed E-state index contributed by atoms with van der Waals surface area (Å²) in [5, 5.41) is 9.65. The van der Waals surface area contributed by atoms with Gasteiger partial charge in [-0.1, -0.05) is 11.6 Å². The molecule has 2 aromatic rings. The number of rotatable bonds is 2. The number of carboxylic acid groups (broad SMARTS) is 1. The average Bonchev–Trinajstić information content (AvgIpc) is 2.60. The second-order valence-corrected chi connectivity index (χ2v) is 4.35. The lowest BCUT2D eigenvalue weighted by Crippen LogP contribution is -1.94. The van der Waals surface area contributed by atoms with Crippen LogP contribution in [0.15, 0.2) is 12.4 Å². The van der Waals surface area contributed by atoms with Gasteiger partial charge >= 0.3 is 5.97 Å². The average molecular weight is 256 g/mol. The van der Waals surface area contributed by atoms with E-state index in [0.717, 1.165) is 11.3 Å². The third kappa shape index (κ3) is 2.02. The van der Waals surface area contributed by atoms with Crippen molar-refractivity contribution in [1.29, 1.82) is 0 Å². The number of aryl methyl sites for hydroxylation is 1. The Bertz CT molecular complexity index is 555. The lowest BCUT2D eigenvalue weighted by atomic mass is 10.4. The van der Waals surface area contributed by atoms with Gasteiger partial charge < -0.3 is 5.11 Å². The van der Waals surface area contributed by atoms with E-state index in [-0.39, 0.29) is 10.0 Å². The Kier molecular flexibility index (Phi) is 2.84. The molecular weight excluding hydrogens is 250 g/mol. The lowest BCUT2D eigenvalue weighted by Gasteiger charge is -1.93. The van der Waals surface area contributed by atoms with Crippen molar-refractivity contribution in [3.63, 3.8) is 0 Å². The number of hydrogen-bond donors (Lipinski definition) is 1. The zero-order chi connectivity index (χ0) is 11.7. The molecule has 0 aliphatic rings. The third-order valence-corrected chi connectivity index (χ3v) is 3.17. The summed E-state index contributed by atoms with van der Waals surface area (Å²) in [6, 6.07) is 0. The van der Waals surface area contributed by atoms with Gasteiger partial charge in [-0.2, -0.15) is 0 Å². The highest BCUT2D eigenvalue weighted by atomic mass is 35.5. The fourth-order valence-electron chi connectivity index (χ4n) is 1.15. The normalized spacial score (nSPS) is 10.4. The highest BCUT2D eigenvalue weighted by Gasteiger charge is 2.15. The molecule has 0 atom stereocenters. The molecule has 82 valence electrons. The molecule has 2 heterocycles. The molecule has 0 amide bonds. The van der Waals surface area contributed by atoms with E-state index in [4.69, 9.17) is 16.7 Å². The highest BCUT2D eigenvalue weighted by Crippen LogP contribution is 2.26. The minimum atomic E-state index is -0.990. The van der Waals surface area contributed by atoms with E-state index in [1.165, 1.54) is 12.4 Å². The first-order chi connectivity index (χ1) is 7.58. The van der Waals surface area contributed by atoms with Crippen molar-refractivity contribution in [3.8, 4) is 10.7 Å². The number of aromatic carboxylic acids is 1. The van der Waals surface area contributed by atoms with Crippen molar-refractivity contribution >= 4 is 28.9 Å². The van der Waals surface area contributed by atoms with E-state index < -0.39 is 5.97 Å². The number of hydrogen-bond acceptors (Lipinski definition) is 5. The smallest absolute Gasteiger partial charge is 0.347 e. The van der Waals surface area contributed by atoms with Crippen LogP contribution in [-0.2, 0) is 0 Å². The number of nitrogens with zero attached hydrogens (tertiary/aromatic N) is 3. The molecule has 0 saturated heterocycles. The zero-order valence-corrected chi connectivity index (χ0v) is 9.71. The van der Waals surface area contributed by atoms with Crippen LogP contribution in [0.3, 0.4) is 0 Å². The standard InChI is InChI=1S/C9H6ClN3O2S/c1-4-7(9(14)15)16-8(12-4)5-2-11-3-6(10)13-5/h2-3H,1H3,(H,14,15). The number of thiazole rings is 1. The summed E-state index contributed by atoms with van der Waals surface area (Å²) in [5.74, 6) is -0.990. The monoisotopic (exact) mass is 255 g/mol. The molecule has 0 unspecified atom stereocenters. The predicted octanol–water partition coefficient (Wildman–Crippen LogP) is 2.26. The topological polar surface area (TPSA) is 76.0 Å². The van der Waals surface area contributed by atoms with Gasteiger partial charge in [0, 0.05) is 0 Å². The molecule has 0 aromatic carbocycles. The minimum Gasteiger partial charge on any atom is -0.477 e. The van der Waals surface area contributed by atoms with Crippen LogP contribution in [0.4, 0.5) is 0 Å². The van der Waals surface area contributed by atoms with Gasteiger partial charge in [-0.15, -0.1) is 11.3 Å². The van der Waals surface area contributed by atoms with Crippen LogP contribution in [0.25, 0.3) is 10.7 Å². The van der Waals surface area contributed by atoms with Gasteiger partial charge in [-0.3, -0.25) is 4.98 Å². The van der Waals surface area contributed by atoms with Crippen LogP contribution in [0, 0.1) is 6.92 Å². The fourth-order valence-corrected chi connectivity index (χ4v) is 2.16. The summed E-state index contributed by atoms with van der Waals surface area (Å²) < 4.78 is 0. The Morgan fingerprint density at radius 1 is 1.44 bits per heavy atom. The molecule has 1 N–H and O–H groups in total. The second kappa shape index (κ2) is 4.15. The highest BCUT2D eigenvalue weighted by molar-refractivity contribution is 7.17. The Hall–Kier alpha value is -1.53. The minimum absolute atomic E-state index is 0.205. The molecule has 0 fully saturated rings. The quantitative estimate of drug-likeness (QED) is 0.891. The van der Waals surface area contributed by atoms with Crippen LogP contribution < -0.4 is 0 Å². The summed E-state index contributed by atoms with van der Waals surface area (Å²) in [5.41, 5.74) is 0.947. The maximum Gasteiger partial charge on any atom is 0.347 e. The SMILES string of the molecule is Cc1nc(-c2cncc(Cl)n2)sc1C(=O)O. The third-order valence-electron chi connectivity index (χ3n) is 1.82. The first-order valence-electron chi connectivity index (χ1n) is 4.26. The van der Waals surface area contributed by atoms with Gasteiger partial charge in [0.15, 0.2) is 0 Å². The molecule has 2 rings (SSSR count). The van der Waals surface area contributed by atoms with Crippen LogP contribution in [0.2, 0.25) is 5.15 Å². The largest absolute Gasteiger partial charge is 0.477 e. The number of aromatic nitrogens is 3. The van der Waals surface area contributed by atoms with E-state index >= 15 is 0 Å². The van der Waals surface area contributed by atoms with E-state index in [2.05, 4.69) is 15.0 Å². The molecule has 5 nitrogen and oxygen atoms in total. The maximum absolute atomic E-state index is 10.8. The van der Waals surface area contributed by atoms with Crippen LogP contribution in [0.1, 0.15) is 15.4 Å². The van der Waals surface area contributed by atoms with Crippen LogP contribution in [0.5, 0.6) is 0 Å². The summed E-state index contributed by atoms with van der Waals surface area (Å²) in [6.45, 7) is 1.64. The van der Waals surface area contributed by atoms with Crippen LogP contribution in [-0.4, -0.2) is 26.0 Å². The van der Waals surface area contributed by atoms with Gasteiger partial charge in [0.2, 0.25) is 0 Å². The van der Waals surface area contributed by atoms with E-state index in [1.54, 1.807) is 6.92 Å². The molecule has 0 aliphatic heterocycles. The molecule has 0 aliphatic carbocycles. The Labute approximate surface area is 99.8 Å². The van der Waals surface area contributed by atoms with Crippen molar-refractivity contribution in [2.24, 2.45) is 0 Å². The van der Waals surface area contributed by atoms with Crippen molar-refractivity contribution in [3.05, 3.63) is 28.1 Å². The molecule has 2 aromatic heterocycles. The first kappa shape index (κ1) is 11.0. The number of carbonyl (C=O) groups is 1. The van der Waals surface area contributed by atoms with Gasteiger partial charge in [-0.25, -0.2) is 14.8 Å². The summed E-state index contributed by atoms with van der Waals surface area (Å²) in [4.78, 5) is 23.1. The van der Waals surface area contributed by atoms with E-state index in [0.29, 0.717) is 16.4 Å². The van der Waals surface area contributed by atoms with Crippen molar-refractivity contribution in [2.45, 2.75) is 6.92 Å². The Morgan fingerprint density at radius 2 is 2.19 bits per heavy atom. The maximum atomic E-state index is 10.8. The zero-order valence-electron chi connectivity index (χ0n) is 8.14. The molecule has 7 heteroatoms. The lowest BCUT2D eigenvalue weighted by molar-refractivity contribution is 0.0701. The number of carboxylic acids is 1.